The van der Waals surface area contributed by atoms with Gasteiger partial charge in [-0.2, -0.15) is 11.8 Å². The molecule has 110 valence electrons. The molecule has 0 spiro atoms. The lowest BCUT2D eigenvalue weighted by atomic mass is 10.0. The smallest absolute Gasteiger partial charge is 0.303 e. The highest BCUT2D eigenvalue weighted by Crippen LogP contribution is 2.23. The normalized spacial score (nSPS) is 20.2. The number of thioether (sulfide) groups is 1. The summed E-state index contributed by atoms with van der Waals surface area (Å²) in [6.45, 7) is 2.94. The Hall–Kier alpha value is -0.750. The Morgan fingerprint density at radius 2 is 2.21 bits per heavy atom. The van der Waals surface area contributed by atoms with Crippen LogP contribution in [0, 0.1) is 5.92 Å². The molecular formula is C13H23NO4S. The van der Waals surface area contributed by atoms with E-state index >= 15 is 0 Å². The average molecular weight is 289 g/mol. The number of hydrogen-bond acceptors (Lipinski definition) is 4. The molecule has 0 aromatic carbocycles. The molecule has 0 saturated carbocycles. The van der Waals surface area contributed by atoms with Gasteiger partial charge in [0, 0.05) is 38.3 Å². The molecule has 0 radical (unpaired) electrons. The van der Waals surface area contributed by atoms with Gasteiger partial charge in [0.05, 0.1) is 6.61 Å². The molecule has 1 aliphatic heterocycles. The van der Waals surface area contributed by atoms with Crippen molar-refractivity contribution in [2.24, 2.45) is 5.92 Å². The number of methoxy groups -OCH3 is 1. The van der Waals surface area contributed by atoms with Gasteiger partial charge in [0.2, 0.25) is 5.91 Å². The lowest BCUT2D eigenvalue weighted by Crippen LogP contribution is -2.43. The Bertz CT molecular complexity index is 305. The van der Waals surface area contributed by atoms with Crippen LogP contribution in [0.15, 0.2) is 0 Å². The van der Waals surface area contributed by atoms with Crippen molar-refractivity contribution in [3.8, 4) is 0 Å². The van der Waals surface area contributed by atoms with Crippen LogP contribution in [0.2, 0.25) is 0 Å². The van der Waals surface area contributed by atoms with Crippen LogP contribution in [0.5, 0.6) is 0 Å². The average Bonchev–Trinajstić information content (AvgIpc) is 2.81. The molecule has 1 rings (SSSR count). The fourth-order valence-electron chi connectivity index (χ4n) is 2.25. The van der Waals surface area contributed by atoms with Crippen molar-refractivity contribution in [3.63, 3.8) is 0 Å². The molecule has 1 fully saturated rings. The van der Waals surface area contributed by atoms with E-state index in [9.17, 15) is 9.59 Å². The lowest BCUT2D eigenvalue weighted by molar-refractivity contribution is -0.139. The summed E-state index contributed by atoms with van der Waals surface area (Å²) >= 11 is 1.86. The highest BCUT2D eigenvalue weighted by Gasteiger charge is 2.27. The van der Waals surface area contributed by atoms with Crippen molar-refractivity contribution in [3.05, 3.63) is 0 Å². The minimum absolute atomic E-state index is 0.0449. The fraction of sp³-hybridized carbons (Fsp3) is 0.846. The number of amides is 1. The zero-order chi connectivity index (χ0) is 14.3. The third kappa shape index (κ3) is 5.82. The standard InChI is InChI=1S/C13H23NO4S/c1-10(8-13(16)17)7-12(15)14(4-5-18-2)11-3-6-19-9-11/h10-11H,3-9H2,1-2H3,(H,16,17). The van der Waals surface area contributed by atoms with E-state index in [-0.39, 0.29) is 24.3 Å². The molecule has 19 heavy (non-hydrogen) atoms. The molecule has 1 saturated heterocycles. The van der Waals surface area contributed by atoms with Crippen LogP contribution in [0.4, 0.5) is 0 Å². The van der Waals surface area contributed by atoms with Gasteiger partial charge in [-0.25, -0.2) is 0 Å². The maximum Gasteiger partial charge on any atom is 0.303 e. The largest absolute Gasteiger partial charge is 0.481 e. The summed E-state index contributed by atoms with van der Waals surface area (Å²) in [5, 5.41) is 8.74. The molecule has 1 heterocycles. The number of carbonyl (C=O) groups is 2. The van der Waals surface area contributed by atoms with E-state index in [1.807, 2.05) is 23.6 Å². The van der Waals surface area contributed by atoms with Crippen molar-refractivity contribution >= 4 is 23.6 Å². The van der Waals surface area contributed by atoms with Gasteiger partial charge >= 0.3 is 5.97 Å². The molecule has 1 amide bonds. The maximum atomic E-state index is 12.3. The quantitative estimate of drug-likeness (QED) is 0.733. The second-order valence-electron chi connectivity index (χ2n) is 5.00. The minimum Gasteiger partial charge on any atom is -0.481 e. The monoisotopic (exact) mass is 289 g/mol. The summed E-state index contributed by atoms with van der Waals surface area (Å²) < 4.78 is 5.06. The molecule has 1 aliphatic rings. The van der Waals surface area contributed by atoms with E-state index in [1.54, 1.807) is 7.11 Å². The van der Waals surface area contributed by atoms with E-state index in [1.165, 1.54) is 0 Å². The van der Waals surface area contributed by atoms with Crippen LogP contribution in [0.3, 0.4) is 0 Å². The lowest BCUT2D eigenvalue weighted by Gasteiger charge is -2.29. The third-order valence-corrected chi connectivity index (χ3v) is 4.39. The predicted octanol–water partition coefficient (Wildman–Crippen LogP) is 1.47. The summed E-state index contributed by atoms with van der Waals surface area (Å²) in [6, 6.07) is 0.282. The van der Waals surface area contributed by atoms with Crippen LogP contribution in [0.1, 0.15) is 26.2 Å². The number of nitrogens with zero attached hydrogens (tertiary/aromatic N) is 1. The molecule has 0 bridgehead atoms. The van der Waals surface area contributed by atoms with Crippen molar-refractivity contribution in [2.45, 2.75) is 32.2 Å². The summed E-state index contributed by atoms with van der Waals surface area (Å²) in [4.78, 5) is 24.8. The Morgan fingerprint density at radius 3 is 2.74 bits per heavy atom. The first-order valence-corrected chi connectivity index (χ1v) is 7.78. The topological polar surface area (TPSA) is 66.8 Å². The van der Waals surface area contributed by atoms with Gasteiger partial charge in [-0.3, -0.25) is 9.59 Å². The zero-order valence-corrected chi connectivity index (χ0v) is 12.4. The molecule has 1 N–H and O–H groups in total. The van der Waals surface area contributed by atoms with Crippen molar-refractivity contribution < 1.29 is 19.4 Å². The Balaban J connectivity index is 2.52. The number of ether oxygens (including phenoxy) is 1. The molecule has 2 atom stereocenters. The number of rotatable bonds is 8. The molecular weight excluding hydrogens is 266 g/mol. The summed E-state index contributed by atoms with van der Waals surface area (Å²) in [7, 11) is 1.62. The highest BCUT2D eigenvalue weighted by molar-refractivity contribution is 7.99. The van der Waals surface area contributed by atoms with Gasteiger partial charge in [-0.1, -0.05) is 6.92 Å². The Morgan fingerprint density at radius 1 is 1.47 bits per heavy atom. The molecule has 0 aromatic heterocycles. The van der Waals surface area contributed by atoms with E-state index in [0.717, 1.165) is 17.9 Å². The van der Waals surface area contributed by atoms with Crippen LogP contribution in [-0.2, 0) is 14.3 Å². The van der Waals surface area contributed by atoms with Gasteiger partial charge in [-0.05, 0) is 18.1 Å². The summed E-state index contributed by atoms with van der Waals surface area (Å²) in [5.74, 6) is 1.15. The maximum absolute atomic E-state index is 12.3. The van der Waals surface area contributed by atoms with E-state index in [0.29, 0.717) is 19.6 Å². The number of carboxylic acids is 1. The molecule has 0 aromatic rings. The number of carboxylic acid groups (broad SMARTS) is 1. The SMILES string of the molecule is COCCN(C(=O)CC(C)CC(=O)O)C1CCSC1. The molecule has 2 unspecified atom stereocenters. The summed E-state index contributed by atoms with van der Waals surface area (Å²) in [5.41, 5.74) is 0. The van der Waals surface area contributed by atoms with Gasteiger partial charge < -0.3 is 14.7 Å². The number of carbonyl (C=O) groups excluding carboxylic acids is 1. The van der Waals surface area contributed by atoms with Gasteiger partial charge in [0.25, 0.3) is 0 Å². The highest BCUT2D eigenvalue weighted by atomic mass is 32.2. The molecule has 5 nitrogen and oxygen atoms in total. The third-order valence-electron chi connectivity index (χ3n) is 3.25. The first kappa shape index (κ1) is 16.3. The second kappa shape index (κ2) is 8.43. The molecule has 0 aliphatic carbocycles. The second-order valence-corrected chi connectivity index (χ2v) is 6.15. The van der Waals surface area contributed by atoms with Crippen molar-refractivity contribution in [2.75, 3.05) is 31.8 Å². The predicted molar refractivity (Wildman–Crippen MR) is 75.4 cm³/mol. The zero-order valence-electron chi connectivity index (χ0n) is 11.6. The van der Waals surface area contributed by atoms with Crippen LogP contribution < -0.4 is 0 Å². The number of aliphatic carboxylic acids is 1. The van der Waals surface area contributed by atoms with Crippen LogP contribution in [-0.4, -0.2) is 59.7 Å². The molecule has 6 heteroatoms. The van der Waals surface area contributed by atoms with Gasteiger partial charge in [0.1, 0.15) is 0 Å². The van der Waals surface area contributed by atoms with Crippen LogP contribution in [0.25, 0.3) is 0 Å². The van der Waals surface area contributed by atoms with Gasteiger partial charge in [-0.15, -0.1) is 0 Å². The fourth-order valence-corrected chi connectivity index (χ4v) is 3.48. The van der Waals surface area contributed by atoms with Crippen LogP contribution >= 0.6 is 11.8 Å². The van der Waals surface area contributed by atoms with Gasteiger partial charge in [0.15, 0.2) is 0 Å². The first-order valence-electron chi connectivity index (χ1n) is 6.62. The Kier molecular flexibility index (Phi) is 7.23. The van der Waals surface area contributed by atoms with E-state index in [4.69, 9.17) is 9.84 Å². The minimum atomic E-state index is -0.847. The van der Waals surface area contributed by atoms with E-state index in [2.05, 4.69) is 0 Å². The van der Waals surface area contributed by atoms with Crippen molar-refractivity contribution in [1.29, 1.82) is 0 Å². The first-order chi connectivity index (χ1) is 9.04. The van der Waals surface area contributed by atoms with E-state index < -0.39 is 5.97 Å². The van der Waals surface area contributed by atoms with Crippen molar-refractivity contribution in [1.82, 2.24) is 4.90 Å². The Labute approximate surface area is 118 Å². The summed E-state index contributed by atoms with van der Waals surface area (Å²) in [6.07, 6.45) is 1.37. The number of hydrogen-bond donors (Lipinski definition) is 1.